The van der Waals surface area contributed by atoms with Crippen molar-refractivity contribution in [1.82, 2.24) is 10.2 Å². The zero-order valence-electron chi connectivity index (χ0n) is 11.7. The van der Waals surface area contributed by atoms with E-state index < -0.39 is 5.60 Å². The molecule has 0 radical (unpaired) electrons. The van der Waals surface area contributed by atoms with Crippen molar-refractivity contribution in [3.8, 4) is 0 Å². The molecule has 0 aromatic heterocycles. The molecule has 0 unspecified atom stereocenters. The van der Waals surface area contributed by atoms with Gasteiger partial charge in [0.25, 0.3) is 0 Å². The fourth-order valence-corrected chi connectivity index (χ4v) is 2.36. The summed E-state index contributed by atoms with van der Waals surface area (Å²) >= 11 is 0. The van der Waals surface area contributed by atoms with Crippen molar-refractivity contribution in [3.63, 3.8) is 0 Å². The smallest absolute Gasteiger partial charge is 0.407 e. The van der Waals surface area contributed by atoms with E-state index in [-0.39, 0.29) is 12.1 Å². The second-order valence-corrected chi connectivity index (χ2v) is 6.28. The summed E-state index contributed by atoms with van der Waals surface area (Å²) in [5.74, 6) is 0.699. The Labute approximate surface area is 105 Å². The predicted molar refractivity (Wildman–Crippen MR) is 69.1 cm³/mol. The number of hydrogen-bond acceptors (Lipinski definition) is 3. The van der Waals surface area contributed by atoms with Gasteiger partial charge in [0, 0.05) is 12.6 Å². The molecule has 17 heavy (non-hydrogen) atoms. The van der Waals surface area contributed by atoms with Crippen LogP contribution in [0.1, 0.15) is 40.0 Å². The third-order valence-electron chi connectivity index (χ3n) is 2.89. The van der Waals surface area contributed by atoms with Crippen molar-refractivity contribution in [1.29, 1.82) is 0 Å². The molecule has 0 saturated heterocycles. The first-order valence-electron chi connectivity index (χ1n) is 6.40. The van der Waals surface area contributed by atoms with Crippen LogP contribution in [0.3, 0.4) is 0 Å². The van der Waals surface area contributed by atoms with Crippen LogP contribution in [-0.2, 0) is 4.74 Å². The Balaban J connectivity index is 2.28. The Hall–Kier alpha value is -0.770. The molecule has 0 aliphatic heterocycles. The van der Waals surface area contributed by atoms with E-state index in [0.717, 1.165) is 19.4 Å². The van der Waals surface area contributed by atoms with E-state index in [4.69, 9.17) is 4.74 Å². The molecule has 1 rings (SSSR count). The highest BCUT2D eigenvalue weighted by atomic mass is 16.6. The first-order valence-corrected chi connectivity index (χ1v) is 6.40. The van der Waals surface area contributed by atoms with Crippen molar-refractivity contribution in [2.45, 2.75) is 51.7 Å². The highest BCUT2D eigenvalue weighted by Crippen LogP contribution is 2.26. The third kappa shape index (κ3) is 5.91. The Kier molecular flexibility index (Phi) is 4.80. The van der Waals surface area contributed by atoms with Crippen molar-refractivity contribution in [2.75, 3.05) is 20.6 Å². The van der Waals surface area contributed by atoms with Crippen LogP contribution in [0.4, 0.5) is 4.79 Å². The molecule has 4 nitrogen and oxygen atoms in total. The molecule has 1 aliphatic rings. The SMILES string of the molecule is CN(C)C[C@@H]1CC[C@H](NC(=O)OC(C)(C)C)C1. The zero-order chi connectivity index (χ0) is 13.1. The number of ether oxygens (including phenoxy) is 1. The van der Waals surface area contributed by atoms with Gasteiger partial charge in [0.05, 0.1) is 0 Å². The molecule has 0 aromatic rings. The van der Waals surface area contributed by atoms with Crippen molar-refractivity contribution >= 4 is 6.09 Å². The minimum atomic E-state index is -0.411. The zero-order valence-corrected chi connectivity index (χ0v) is 11.7. The van der Waals surface area contributed by atoms with Crippen molar-refractivity contribution in [2.24, 2.45) is 5.92 Å². The van der Waals surface area contributed by atoms with E-state index in [0.29, 0.717) is 5.92 Å². The molecular weight excluding hydrogens is 216 g/mol. The normalized spacial score (nSPS) is 25.1. The van der Waals surface area contributed by atoms with Crippen LogP contribution in [-0.4, -0.2) is 43.3 Å². The second kappa shape index (κ2) is 5.71. The van der Waals surface area contributed by atoms with Gasteiger partial charge in [-0.2, -0.15) is 0 Å². The lowest BCUT2D eigenvalue weighted by atomic mass is 10.1. The summed E-state index contributed by atoms with van der Waals surface area (Å²) in [7, 11) is 4.18. The maximum atomic E-state index is 11.6. The Morgan fingerprint density at radius 1 is 1.35 bits per heavy atom. The van der Waals surface area contributed by atoms with Gasteiger partial charge in [-0.3, -0.25) is 0 Å². The number of amides is 1. The first-order chi connectivity index (χ1) is 7.76. The van der Waals surface area contributed by atoms with Crippen LogP contribution in [0.15, 0.2) is 0 Å². The van der Waals surface area contributed by atoms with Crippen LogP contribution < -0.4 is 5.32 Å². The molecule has 1 amide bonds. The summed E-state index contributed by atoms with van der Waals surface area (Å²) in [5.41, 5.74) is -0.411. The number of carbonyl (C=O) groups excluding carboxylic acids is 1. The van der Waals surface area contributed by atoms with Crippen molar-refractivity contribution in [3.05, 3.63) is 0 Å². The summed E-state index contributed by atoms with van der Waals surface area (Å²) in [4.78, 5) is 13.8. The molecule has 0 spiro atoms. The second-order valence-electron chi connectivity index (χ2n) is 6.28. The van der Waals surface area contributed by atoms with Crippen LogP contribution in [0.25, 0.3) is 0 Å². The summed E-state index contributed by atoms with van der Waals surface area (Å²) in [6.07, 6.45) is 3.04. The van der Waals surface area contributed by atoms with Gasteiger partial charge < -0.3 is 15.0 Å². The average molecular weight is 242 g/mol. The summed E-state index contributed by atoms with van der Waals surface area (Å²) in [6.45, 7) is 6.76. The van der Waals surface area contributed by atoms with E-state index in [1.807, 2.05) is 20.8 Å². The molecule has 100 valence electrons. The van der Waals surface area contributed by atoms with E-state index in [1.165, 1.54) is 6.42 Å². The Morgan fingerprint density at radius 3 is 2.53 bits per heavy atom. The number of nitrogens with one attached hydrogen (secondary N) is 1. The number of rotatable bonds is 3. The van der Waals surface area contributed by atoms with Crippen LogP contribution >= 0.6 is 0 Å². The van der Waals surface area contributed by atoms with Gasteiger partial charge >= 0.3 is 6.09 Å². The molecule has 4 heteroatoms. The molecule has 0 bridgehead atoms. The van der Waals surface area contributed by atoms with Gasteiger partial charge in [-0.25, -0.2) is 4.79 Å². The van der Waals surface area contributed by atoms with E-state index in [2.05, 4.69) is 24.3 Å². The molecule has 1 aliphatic carbocycles. The topological polar surface area (TPSA) is 41.6 Å². The van der Waals surface area contributed by atoms with E-state index in [1.54, 1.807) is 0 Å². The van der Waals surface area contributed by atoms with Gasteiger partial charge in [0.2, 0.25) is 0 Å². The molecular formula is C13H26N2O2. The fourth-order valence-electron chi connectivity index (χ4n) is 2.36. The minimum absolute atomic E-state index is 0.284. The summed E-state index contributed by atoms with van der Waals surface area (Å²) in [6, 6.07) is 0.287. The van der Waals surface area contributed by atoms with Crippen LogP contribution in [0.2, 0.25) is 0 Å². The molecule has 1 saturated carbocycles. The van der Waals surface area contributed by atoms with Gasteiger partial charge in [0.1, 0.15) is 5.60 Å². The van der Waals surface area contributed by atoms with Gasteiger partial charge in [-0.05, 0) is 60.0 Å². The lowest BCUT2D eigenvalue weighted by Gasteiger charge is -2.22. The third-order valence-corrected chi connectivity index (χ3v) is 2.89. The Morgan fingerprint density at radius 2 is 2.00 bits per heavy atom. The van der Waals surface area contributed by atoms with Gasteiger partial charge in [-0.15, -0.1) is 0 Å². The van der Waals surface area contributed by atoms with Crippen molar-refractivity contribution < 1.29 is 9.53 Å². The van der Waals surface area contributed by atoms with Crippen LogP contribution in [0, 0.1) is 5.92 Å². The Bertz CT molecular complexity index is 259. The largest absolute Gasteiger partial charge is 0.444 e. The molecule has 1 N–H and O–H groups in total. The maximum Gasteiger partial charge on any atom is 0.407 e. The minimum Gasteiger partial charge on any atom is -0.444 e. The number of alkyl carbamates (subject to hydrolysis) is 1. The molecule has 0 aromatic carbocycles. The molecule has 0 heterocycles. The van der Waals surface area contributed by atoms with E-state index in [9.17, 15) is 4.79 Å². The number of hydrogen-bond donors (Lipinski definition) is 1. The highest BCUT2D eigenvalue weighted by Gasteiger charge is 2.27. The van der Waals surface area contributed by atoms with Crippen LogP contribution in [0.5, 0.6) is 0 Å². The standard InChI is InChI=1S/C13H26N2O2/c1-13(2,3)17-12(16)14-11-7-6-10(8-11)9-15(4)5/h10-11H,6-9H2,1-5H3,(H,14,16)/t10-,11+/m1/s1. The lowest BCUT2D eigenvalue weighted by molar-refractivity contribution is 0.0504. The molecule has 2 atom stereocenters. The highest BCUT2D eigenvalue weighted by molar-refractivity contribution is 5.68. The van der Waals surface area contributed by atoms with Gasteiger partial charge in [0.15, 0.2) is 0 Å². The fraction of sp³-hybridized carbons (Fsp3) is 0.923. The van der Waals surface area contributed by atoms with E-state index >= 15 is 0 Å². The number of nitrogens with zero attached hydrogens (tertiary/aromatic N) is 1. The molecule has 1 fully saturated rings. The number of carbonyl (C=O) groups is 1. The maximum absolute atomic E-state index is 11.6. The predicted octanol–water partition coefficient (Wildman–Crippen LogP) is 2.24. The summed E-state index contributed by atoms with van der Waals surface area (Å²) < 4.78 is 5.26. The lowest BCUT2D eigenvalue weighted by Crippen LogP contribution is -2.38. The average Bonchev–Trinajstić information content (AvgIpc) is 2.46. The first kappa shape index (κ1) is 14.3. The summed E-state index contributed by atoms with van der Waals surface area (Å²) in [5, 5.41) is 2.96. The quantitative estimate of drug-likeness (QED) is 0.825. The van der Waals surface area contributed by atoms with Gasteiger partial charge in [-0.1, -0.05) is 0 Å². The monoisotopic (exact) mass is 242 g/mol.